The Balaban J connectivity index is 1.75. The van der Waals surface area contributed by atoms with Crippen LogP contribution >= 0.6 is 34.9 Å². The molecule has 0 radical (unpaired) electrons. The summed E-state index contributed by atoms with van der Waals surface area (Å²) in [6.45, 7) is 4.14. The summed E-state index contributed by atoms with van der Waals surface area (Å²) in [7, 11) is 0. The minimum atomic E-state index is -0.108. The van der Waals surface area contributed by atoms with Crippen molar-refractivity contribution in [1.82, 2.24) is 15.5 Å². The van der Waals surface area contributed by atoms with Crippen LogP contribution in [0.2, 0.25) is 0 Å². The number of rotatable bonds is 8. The van der Waals surface area contributed by atoms with E-state index in [2.05, 4.69) is 22.4 Å². The van der Waals surface area contributed by atoms with E-state index in [0.717, 1.165) is 27.3 Å². The van der Waals surface area contributed by atoms with Crippen molar-refractivity contribution in [3.63, 3.8) is 0 Å². The van der Waals surface area contributed by atoms with Crippen molar-refractivity contribution in [2.24, 2.45) is 0 Å². The zero-order chi connectivity index (χ0) is 15.8. The number of unbranched alkanes of at least 4 members (excludes halogenated alkanes) is 1. The van der Waals surface area contributed by atoms with Crippen LogP contribution in [0.4, 0.5) is 0 Å². The van der Waals surface area contributed by atoms with Gasteiger partial charge in [0.05, 0.1) is 5.25 Å². The highest BCUT2D eigenvalue weighted by Gasteiger charge is 2.21. The first-order valence-electron chi connectivity index (χ1n) is 8.12. The number of carbonyl (C=O) groups is 1. The molecule has 1 heterocycles. The second kappa shape index (κ2) is 9.78. The largest absolute Gasteiger partial charge is 0.352 e. The Kier molecular flexibility index (Phi) is 8.03. The van der Waals surface area contributed by atoms with E-state index in [1.54, 1.807) is 23.1 Å². The minimum absolute atomic E-state index is 0.108. The monoisotopic (exact) mass is 359 g/mol. The molecule has 0 aromatic carbocycles. The number of carbonyl (C=O) groups excluding carboxylic acids is 1. The maximum atomic E-state index is 12.3. The van der Waals surface area contributed by atoms with Crippen LogP contribution in [0, 0.1) is 0 Å². The van der Waals surface area contributed by atoms with Gasteiger partial charge in [0.25, 0.3) is 0 Å². The van der Waals surface area contributed by atoms with E-state index in [0.29, 0.717) is 6.04 Å². The second-order valence-corrected chi connectivity index (χ2v) is 9.55. The van der Waals surface area contributed by atoms with E-state index in [1.165, 1.54) is 43.9 Å². The van der Waals surface area contributed by atoms with Gasteiger partial charge in [-0.05, 0) is 26.2 Å². The first kappa shape index (κ1) is 18.1. The number of hydrogen-bond acceptors (Lipinski definition) is 6. The fraction of sp³-hybridized carbons (Fsp3) is 0.800. The molecule has 0 aliphatic heterocycles. The Hall–Kier alpha value is -0.270. The Labute approximate surface area is 145 Å². The lowest BCUT2D eigenvalue weighted by atomic mass is 9.95. The molecule has 0 spiro atoms. The summed E-state index contributed by atoms with van der Waals surface area (Å²) in [5.41, 5.74) is 0. The number of hydrogen-bond donors (Lipinski definition) is 1. The number of amides is 1. The van der Waals surface area contributed by atoms with Crippen molar-refractivity contribution >= 4 is 40.8 Å². The normalized spacial score (nSPS) is 17.4. The van der Waals surface area contributed by atoms with Crippen LogP contribution in [0.3, 0.4) is 0 Å². The third-order valence-corrected chi connectivity index (χ3v) is 7.04. The summed E-state index contributed by atoms with van der Waals surface area (Å²) in [5.74, 6) is 1.22. The lowest BCUT2D eigenvalue weighted by Crippen LogP contribution is -2.40. The molecule has 1 atom stereocenters. The van der Waals surface area contributed by atoms with Gasteiger partial charge in [0, 0.05) is 11.8 Å². The van der Waals surface area contributed by atoms with Crippen LogP contribution in [0.25, 0.3) is 0 Å². The molecule has 1 aromatic heterocycles. The van der Waals surface area contributed by atoms with Crippen LogP contribution in [-0.4, -0.2) is 33.1 Å². The van der Waals surface area contributed by atoms with E-state index >= 15 is 0 Å². The van der Waals surface area contributed by atoms with Gasteiger partial charge in [-0.25, -0.2) is 0 Å². The molecule has 1 aromatic rings. The van der Waals surface area contributed by atoms with Gasteiger partial charge in [-0.2, -0.15) is 0 Å². The summed E-state index contributed by atoms with van der Waals surface area (Å²) in [5, 5.41) is 11.5. The third kappa shape index (κ3) is 6.08. The van der Waals surface area contributed by atoms with Crippen molar-refractivity contribution in [3.8, 4) is 0 Å². The molecule has 1 unspecified atom stereocenters. The molecular weight excluding hydrogens is 334 g/mol. The highest BCUT2D eigenvalue weighted by Crippen LogP contribution is 2.31. The number of thioether (sulfide) groups is 2. The van der Waals surface area contributed by atoms with Gasteiger partial charge in [-0.15, -0.1) is 10.2 Å². The second-order valence-electron chi connectivity index (χ2n) is 5.64. The predicted octanol–water partition coefficient (Wildman–Crippen LogP) is 4.36. The fourth-order valence-electron chi connectivity index (χ4n) is 2.38. The summed E-state index contributed by atoms with van der Waals surface area (Å²) >= 11 is 4.88. The maximum Gasteiger partial charge on any atom is 0.233 e. The van der Waals surface area contributed by atoms with Gasteiger partial charge in [0.1, 0.15) is 0 Å². The Morgan fingerprint density at radius 2 is 2.05 bits per heavy atom. The summed E-state index contributed by atoms with van der Waals surface area (Å²) in [4.78, 5) is 12.3. The third-order valence-electron chi connectivity index (χ3n) is 3.71. The molecule has 0 saturated heterocycles. The number of aromatic nitrogens is 2. The molecule has 1 fully saturated rings. The Bertz CT molecular complexity index is 461. The molecule has 1 N–H and O–H groups in total. The van der Waals surface area contributed by atoms with Crippen molar-refractivity contribution in [2.75, 3.05) is 5.75 Å². The molecule has 4 nitrogen and oxygen atoms in total. The van der Waals surface area contributed by atoms with Gasteiger partial charge in [0.2, 0.25) is 5.91 Å². The van der Waals surface area contributed by atoms with Gasteiger partial charge in [-0.3, -0.25) is 4.79 Å². The van der Waals surface area contributed by atoms with E-state index in [4.69, 9.17) is 0 Å². The molecule has 0 bridgehead atoms. The molecule has 1 saturated carbocycles. The van der Waals surface area contributed by atoms with Crippen LogP contribution in [0.15, 0.2) is 8.68 Å². The van der Waals surface area contributed by atoms with Crippen LogP contribution < -0.4 is 5.32 Å². The maximum absolute atomic E-state index is 12.3. The summed E-state index contributed by atoms with van der Waals surface area (Å²) < 4.78 is 1.90. The van der Waals surface area contributed by atoms with Gasteiger partial charge in [0.15, 0.2) is 8.68 Å². The topological polar surface area (TPSA) is 54.9 Å². The minimum Gasteiger partial charge on any atom is -0.352 e. The molecule has 124 valence electrons. The van der Waals surface area contributed by atoms with Gasteiger partial charge < -0.3 is 5.32 Å². The highest BCUT2D eigenvalue weighted by molar-refractivity contribution is 8.03. The predicted molar refractivity (Wildman–Crippen MR) is 95.9 cm³/mol. The van der Waals surface area contributed by atoms with E-state index < -0.39 is 0 Å². The first-order valence-corrected chi connectivity index (χ1v) is 10.8. The Morgan fingerprint density at radius 1 is 1.32 bits per heavy atom. The van der Waals surface area contributed by atoms with E-state index in [1.807, 2.05) is 6.92 Å². The Morgan fingerprint density at radius 3 is 2.77 bits per heavy atom. The zero-order valence-corrected chi connectivity index (χ0v) is 15.8. The standard InChI is InChI=1S/C15H25N3OS3/c1-3-4-10-20-14-17-18-15(22-14)21-11(2)13(19)16-12-8-6-5-7-9-12/h11-12H,3-10H2,1-2H3,(H,16,19). The van der Waals surface area contributed by atoms with Crippen LogP contribution in [0.5, 0.6) is 0 Å². The lowest BCUT2D eigenvalue weighted by Gasteiger charge is -2.24. The van der Waals surface area contributed by atoms with Crippen LogP contribution in [0.1, 0.15) is 58.8 Å². The smallest absolute Gasteiger partial charge is 0.233 e. The van der Waals surface area contributed by atoms with Gasteiger partial charge in [-0.1, -0.05) is 67.5 Å². The summed E-state index contributed by atoms with van der Waals surface area (Å²) in [6, 6.07) is 0.374. The number of nitrogens with zero attached hydrogens (tertiary/aromatic N) is 2. The average Bonchev–Trinajstić information content (AvgIpc) is 2.96. The van der Waals surface area contributed by atoms with Gasteiger partial charge >= 0.3 is 0 Å². The van der Waals surface area contributed by atoms with Crippen molar-refractivity contribution in [2.45, 2.75) is 78.8 Å². The highest BCUT2D eigenvalue weighted by atomic mass is 32.2. The fourth-order valence-corrected chi connectivity index (χ4v) is 5.70. The number of nitrogens with one attached hydrogen (secondary N) is 1. The molecule has 7 heteroatoms. The van der Waals surface area contributed by atoms with E-state index in [9.17, 15) is 4.79 Å². The average molecular weight is 360 g/mol. The molecule has 22 heavy (non-hydrogen) atoms. The lowest BCUT2D eigenvalue weighted by molar-refractivity contribution is -0.121. The van der Waals surface area contributed by atoms with Crippen molar-refractivity contribution in [1.29, 1.82) is 0 Å². The van der Waals surface area contributed by atoms with E-state index in [-0.39, 0.29) is 11.2 Å². The summed E-state index contributed by atoms with van der Waals surface area (Å²) in [6.07, 6.45) is 8.43. The van der Waals surface area contributed by atoms with Crippen molar-refractivity contribution < 1.29 is 4.79 Å². The molecule has 2 rings (SSSR count). The SMILES string of the molecule is CCCCSc1nnc(SC(C)C(=O)NC2CCCCC2)s1. The molecular formula is C15H25N3OS3. The molecule has 1 aliphatic carbocycles. The molecule has 1 amide bonds. The van der Waals surface area contributed by atoms with Crippen LogP contribution in [-0.2, 0) is 4.79 Å². The van der Waals surface area contributed by atoms with Crippen molar-refractivity contribution in [3.05, 3.63) is 0 Å². The first-order chi connectivity index (χ1) is 10.7. The molecule has 1 aliphatic rings. The zero-order valence-electron chi connectivity index (χ0n) is 13.3. The quantitative estimate of drug-likeness (QED) is 0.552.